The van der Waals surface area contributed by atoms with Crippen LogP contribution in [0.25, 0.3) is 0 Å². The van der Waals surface area contributed by atoms with E-state index in [1.165, 1.54) is 19.4 Å². The Balaban J connectivity index is 2.41. The van der Waals surface area contributed by atoms with Crippen molar-refractivity contribution in [2.45, 2.75) is 57.9 Å². The predicted octanol–water partition coefficient (Wildman–Crippen LogP) is 2.66. The largest absolute Gasteiger partial charge is 0.419 e. The number of ether oxygens (including phenoxy) is 1. The van der Waals surface area contributed by atoms with Gasteiger partial charge in [-0.05, 0) is 37.9 Å². The standard InChI is InChI=1S/C14H29NO2Si/c1-13(2,3)14(18(5,6)16-4)8-7-9-15(14)12-10-17-11-12/h12H,7-11H2,1-6H3/t14-/m0/s1. The molecular formula is C14H29NO2Si. The molecule has 106 valence electrons. The predicted molar refractivity (Wildman–Crippen MR) is 77.2 cm³/mol. The number of nitrogens with zero attached hydrogens (tertiary/aromatic N) is 1. The summed E-state index contributed by atoms with van der Waals surface area (Å²) in [7, 11) is 0.142. The van der Waals surface area contributed by atoms with Crippen LogP contribution in [-0.4, -0.2) is 51.3 Å². The molecule has 2 saturated heterocycles. The molecule has 0 aliphatic carbocycles. The van der Waals surface area contributed by atoms with E-state index in [0.717, 1.165) is 13.2 Å². The van der Waals surface area contributed by atoms with Crippen LogP contribution in [0.3, 0.4) is 0 Å². The second-order valence-electron chi connectivity index (χ2n) is 7.31. The lowest BCUT2D eigenvalue weighted by Gasteiger charge is -2.58. The first-order valence-corrected chi connectivity index (χ1v) is 10.1. The molecule has 0 spiro atoms. The van der Waals surface area contributed by atoms with E-state index in [1.54, 1.807) is 0 Å². The molecule has 0 aromatic carbocycles. The van der Waals surface area contributed by atoms with Crippen molar-refractivity contribution in [1.82, 2.24) is 4.90 Å². The summed E-state index contributed by atoms with van der Waals surface area (Å²) in [6, 6.07) is 0.619. The van der Waals surface area contributed by atoms with Crippen LogP contribution in [0.2, 0.25) is 13.1 Å². The molecule has 0 saturated carbocycles. The fourth-order valence-electron chi connectivity index (χ4n) is 4.26. The van der Waals surface area contributed by atoms with Gasteiger partial charge in [0.25, 0.3) is 0 Å². The van der Waals surface area contributed by atoms with Gasteiger partial charge in [0.1, 0.15) is 0 Å². The Morgan fingerprint density at radius 2 is 1.89 bits per heavy atom. The molecule has 0 unspecified atom stereocenters. The second-order valence-corrected chi connectivity index (χ2v) is 11.6. The van der Waals surface area contributed by atoms with E-state index in [-0.39, 0.29) is 10.6 Å². The van der Waals surface area contributed by atoms with Gasteiger partial charge in [0, 0.05) is 12.3 Å². The molecule has 0 aromatic heterocycles. The van der Waals surface area contributed by atoms with Crippen LogP contribution in [0.1, 0.15) is 33.6 Å². The van der Waals surface area contributed by atoms with Crippen LogP contribution < -0.4 is 0 Å². The molecule has 0 aromatic rings. The van der Waals surface area contributed by atoms with Gasteiger partial charge in [-0.3, -0.25) is 4.90 Å². The minimum Gasteiger partial charge on any atom is -0.419 e. The highest BCUT2D eigenvalue weighted by atomic mass is 28.4. The van der Waals surface area contributed by atoms with E-state index in [9.17, 15) is 0 Å². The fraction of sp³-hybridized carbons (Fsp3) is 1.00. The van der Waals surface area contributed by atoms with Gasteiger partial charge < -0.3 is 9.16 Å². The Bertz CT molecular complexity index is 309. The number of hydrogen-bond acceptors (Lipinski definition) is 3. The molecule has 0 radical (unpaired) electrons. The molecule has 2 aliphatic rings. The molecule has 3 nitrogen and oxygen atoms in total. The highest BCUT2D eigenvalue weighted by molar-refractivity contribution is 6.74. The zero-order chi connectivity index (χ0) is 13.6. The van der Waals surface area contributed by atoms with Crippen LogP contribution >= 0.6 is 0 Å². The Kier molecular flexibility index (Phi) is 3.69. The van der Waals surface area contributed by atoms with E-state index >= 15 is 0 Å². The first-order valence-electron chi connectivity index (χ1n) is 7.16. The Morgan fingerprint density at radius 3 is 2.28 bits per heavy atom. The van der Waals surface area contributed by atoms with Gasteiger partial charge in [0.15, 0.2) is 0 Å². The minimum absolute atomic E-state index is 0.239. The van der Waals surface area contributed by atoms with Gasteiger partial charge in [0.2, 0.25) is 8.32 Å². The van der Waals surface area contributed by atoms with Crippen LogP contribution in [0, 0.1) is 5.41 Å². The summed E-state index contributed by atoms with van der Waals surface area (Å²) in [5.74, 6) is 0. The first-order chi connectivity index (χ1) is 8.26. The lowest BCUT2D eigenvalue weighted by molar-refractivity contribution is -0.0977. The lowest BCUT2D eigenvalue weighted by Crippen LogP contribution is -2.73. The fourth-order valence-corrected chi connectivity index (χ4v) is 8.17. The molecule has 2 rings (SSSR count). The van der Waals surface area contributed by atoms with Crippen LogP contribution in [0.15, 0.2) is 0 Å². The van der Waals surface area contributed by atoms with E-state index in [2.05, 4.69) is 38.8 Å². The maximum Gasteiger partial charge on any atom is 0.206 e. The number of rotatable bonds is 3. The van der Waals surface area contributed by atoms with E-state index in [4.69, 9.17) is 9.16 Å². The van der Waals surface area contributed by atoms with Crippen molar-refractivity contribution in [3.63, 3.8) is 0 Å². The van der Waals surface area contributed by atoms with Crippen molar-refractivity contribution in [1.29, 1.82) is 0 Å². The summed E-state index contributed by atoms with van der Waals surface area (Å²) in [5.41, 5.74) is 0.255. The van der Waals surface area contributed by atoms with Gasteiger partial charge in [-0.1, -0.05) is 20.8 Å². The van der Waals surface area contributed by atoms with Crippen molar-refractivity contribution in [2.24, 2.45) is 5.41 Å². The molecule has 0 amide bonds. The summed E-state index contributed by atoms with van der Waals surface area (Å²) in [6.45, 7) is 15.0. The average molecular weight is 271 g/mol. The maximum atomic E-state index is 6.06. The van der Waals surface area contributed by atoms with Gasteiger partial charge in [-0.15, -0.1) is 0 Å². The maximum absolute atomic E-state index is 6.06. The van der Waals surface area contributed by atoms with Gasteiger partial charge in [0.05, 0.1) is 19.3 Å². The van der Waals surface area contributed by atoms with Crippen LogP contribution in [0.4, 0.5) is 0 Å². The van der Waals surface area contributed by atoms with Crippen molar-refractivity contribution < 1.29 is 9.16 Å². The summed E-state index contributed by atoms with van der Waals surface area (Å²) in [5, 5.41) is 0.239. The average Bonchev–Trinajstić information content (AvgIpc) is 2.60. The Hall–Kier alpha value is 0.0969. The first kappa shape index (κ1) is 14.5. The van der Waals surface area contributed by atoms with Crippen molar-refractivity contribution >= 4 is 8.32 Å². The monoisotopic (exact) mass is 271 g/mol. The third-order valence-corrected chi connectivity index (χ3v) is 9.54. The van der Waals surface area contributed by atoms with Crippen molar-refractivity contribution in [3.8, 4) is 0 Å². The Morgan fingerprint density at radius 1 is 1.28 bits per heavy atom. The van der Waals surface area contributed by atoms with E-state index in [1.807, 2.05) is 7.11 Å². The molecule has 4 heteroatoms. The molecule has 2 aliphatic heterocycles. The van der Waals surface area contributed by atoms with Crippen LogP contribution in [0.5, 0.6) is 0 Å². The highest BCUT2D eigenvalue weighted by Crippen LogP contribution is 2.51. The van der Waals surface area contributed by atoms with E-state index < -0.39 is 8.32 Å². The van der Waals surface area contributed by atoms with Crippen molar-refractivity contribution in [2.75, 3.05) is 26.9 Å². The van der Waals surface area contributed by atoms with Gasteiger partial charge in [-0.2, -0.15) is 0 Å². The zero-order valence-corrected chi connectivity index (χ0v) is 13.9. The van der Waals surface area contributed by atoms with E-state index in [0.29, 0.717) is 6.04 Å². The summed E-state index contributed by atoms with van der Waals surface area (Å²) in [6.07, 6.45) is 2.58. The lowest BCUT2D eigenvalue weighted by atomic mass is 9.83. The molecule has 2 fully saturated rings. The normalized spacial score (nSPS) is 31.7. The zero-order valence-electron chi connectivity index (χ0n) is 12.9. The molecule has 0 bridgehead atoms. The van der Waals surface area contributed by atoms with Gasteiger partial charge in [-0.25, -0.2) is 0 Å². The molecule has 18 heavy (non-hydrogen) atoms. The number of likely N-dealkylation sites (tertiary alicyclic amines) is 1. The van der Waals surface area contributed by atoms with Crippen LogP contribution in [-0.2, 0) is 9.16 Å². The molecule has 2 heterocycles. The molecule has 0 N–H and O–H groups in total. The topological polar surface area (TPSA) is 21.7 Å². The second kappa shape index (κ2) is 4.58. The summed E-state index contributed by atoms with van der Waals surface area (Å²) >= 11 is 0. The third kappa shape index (κ3) is 1.89. The summed E-state index contributed by atoms with van der Waals surface area (Å²) < 4.78 is 11.5. The SMILES string of the molecule is CO[Si](C)(C)[C@]1(C(C)(C)C)CCCN1C1COC1. The summed E-state index contributed by atoms with van der Waals surface area (Å²) in [4.78, 5) is 2.74. The third-order valence-electron chi connectivity index (χ3n) is 5.24. The van der Waals surface area contributed by atoms with Gasteiger partial charge >= 0.3 is 0 Å². The quantitative estimate of drug-likeness (QED) is 0.737. The minimum atomic E-state index is -1.77. The smallest absolute Gasteiger partial charge is 0.206 e. The highest BCUT2D eigenvalue weighted by Gasteiger charge is 2.62. The molecule has 1 atom stereocenters. The molecular weight excluding hydrogens is 242 g/mol. The Labute approximate surface area is 113 Å². The van der Waals surface area contributed by atoms with Crippen molar-refractivity contribution in [3.05, 3.63) is 0 Å². The number of hydrogen-bond donors (Lipinski definition) is 0.